The molecule has 0 saturated carbocycles. The van der Waals surface area contributed by atoms with Crippen molar-refractivity contribution in [3.8, 4) is 5.69 Å². The lowest BCUT2D eigenvalue weighted by Gasteiger charge is -2.13. The van der Waals surface area contributed by atoms with Gasteiger partial charge in [-0.15, -0.1) is 11.3 Å². The number of fused-ring (bicyclic) bond motifs is 1. The van der Waals surface area contributed by atoms with Gasteiger partial charge in [0.05, 0.1) is 5.52 Å². The molecule has 0 bridgehead atoms. The number of carbonyl (C=O) groups is 2. The summed E-state index contributed by atoms with van der Waals surface area (Å²) in [6.07, 6.45) is 0. The van der Waals surface area contributed by atoms with E-state index in [0.29, 0.717) is 5.69 Å². The molecule has 0 aliphatic carbocycles. The highest BCUT2D eigenvalue weighted by atomic mass is 32.1. The fourth-order valence-electron chi connectivity index (χ4n) is 2.99. The molecule has 2 aromatic heterocycles. The van der Waals surface area contributed by atoms with Crippen molar-refractivity contribution >= 4 is 39.2 Å². The van der Waals surface area contributed by atoms with Gasteiger partial charge in [-0.1, -0.05) is 36.4 Å². The van der Waals surface area contributed by atoms with Crippen molar-refractivity contribution in [1.82, 2.24) is 9.55 Å². The number of benzene rings is 2. The maximum absolute atomic E-state index is 13.0. The summed E-state index contributed by atoms with van der Waals surface area (Å²) in [5, 5.41) is 14.3. The van der Waals surface area contributed by atoms with Crippen molar-refractivity contribution in [1.29, 1.82) is 0 Å². The van der Waals surface area contributed by atoms with E-state index < -0.39 is 5.97 Å². The second kappa shape index (κ2) is 6.69. The standard InChI is InChI=1S/C20H15N3O3S/c1-12-6-2-4-8-15(12)23-16-9-5-3-7-13(16)10-17(23)18(24)22-20-21-14(11-27-20)19(25)26/h2-11H,1H3,(H,25,26)(H,21,22,24). The van der Waals surface area contributed by atoms with Crippen molar-refractivity contribution in [2.75, 3.05) is 5.32 Å². The van der Waals surface area contributed by atoms with Crippen LogP contribution in [0.5, 0.6) is 0 Å². The van der Waals surface area contributed by atoms with Gasteiger partial charge in [0.25, 0.3) is 5.91 Å². The summed E-state index contributed by atoms with van der Waals surface area (Å²) in [5.41, 5.74) is 3.24. The van der Waals surface area contributed by atoms with Crippen LogP contribution in [0.15, 0.2) is 60.0 Å². The molecular weight excluding hydrogens is 362 g/mol. The average molecular weight is 377 g/mol. The van der Waals surface area contributed by atoms with Crippen molar-refractivity contribution < 1.29 is 14.7 Å². The monoisotopic (exact) mass is 377 g/mol. The van der Waals surface area contributed by atoms with Crippen LogP contribution in [0.2, 0.25) is 0 Å². The van der Waals surface area contributed by atoms with Crippen molar-refractivity contribution in [3.05, 3.63) is 76.9 Å². The van der Waals surface area contributed by atoms with Crippen LogP contribution in [0, 0.1) is 6.92 Å². The maximum Gasteiger partial charge on any atom is 0.355 e. The van der Waals surface area contributed by atoms with Gasteiger partial charge in [0.2, 0.25) is 0 Å². The first-order valence-electron chi connectivity index (χ1n) is 8.21. The molecule has 0 saturated heterocycles. The number of aromatic nitrogens is 2. The van der Waals surface area contributed by atoms with Crippen LogP contribution in [0.4, 0.5) is 5.13 Å². The smallest absolute Gasteiger partial charge is 0.355 e. The van der Waals surface area contributed by atoms with Crippen LogP contribution in [0.3, 0.4) is 0 Å². The molecule has 2 aromatic carbocycles. The number of carbonyl (C=O) groups excluding carboxylic acids is 1. The zero-order valence-electron chi connectivity index (χ0n) is 14.3. The number of nitrogens with zero attached hydrogens (tertiary/aromatic N) is 2. The van der Waals surface area contributed by atoms with Crippen LogP contribution in [-0.2, 0) is 0 Å². The summed E-state index contributed by atoms with van der Waals surface area (Å²) in [4.78, 5) is 27.9. The highest BCUT2D eigenvalue weighted by Crippen LogP contribution is 2.27. The number of carboxylic acids is 1. The molecule has 0 fully saturated rings. The number of para-hydroxylation sites is 2. The normalized spacial score (nSPS) is 10.9. The summed E-state index contributed by atoms with van der Waals surface area (Å²) in [5.74, 6) is -1.47. The highest BCUT2D eigenvalue weighted by Gasteiger charge is 2.19. The number of hydrogen-bond donors (Lipinski definition) is 2. The Hall–Kier alpha value is -3.45. The molecule has 2 heterocycles. The molecule has 7 heteroatoms. The molecule has 0 aliphatic rings. The Bertz CT molecular complexity index is 1180. The van der Waals surface area contributed by atoms with Crippen LogP contribution >= 0.6 is 11.3 Å². The molecule has 134 valence electrons. The van der Waals surface area contributed by atoms with E-state index in [4.69, 9.17) is 5.11 Å². The van der Waals surface area contributed by atoms with E-state index in [9.17, 15) is 9.59 Å². The molecule has 0 unspecified atom stereocenters. The first kappa shape index (κ1) is 17.0. The molecule has 4 rings (SSSR count). The lowest BCUT2D eigenvalue weighted by molar-refractivity contribution is 0.0691. The molecule has 0 atom stereocenters. The summed E-state index contributed by atoms with van der Waals surface area (Å²) < 4.78 is 1.91. The molecule has 2 N–H and O–H groups in total. The number of amides is 1. The Labute approximate surface area is 158 Å². The zero-order valence-corrected chi connectivity index (χ0v) is 15.2. The third-order valence-electron chi connectivity index (χ3n) is 4.24. The van der Waals surface area contributed by atoms with E-state index in [0.717, 1.165) is 33.5 Å². The van der Waals surface area contributed by atoms with Crippen LogP contribution in [0.1, 0.15) is 26.5 Å². The SMILES string of the molecule is Cc1ccccc1-n1c(C(=O)Nc2nc(C(=O)O)cs2)cc2ccccc21. The molecule has 6 nitrogen and oxygen atoms in total. The number of thiazole rings is 1. The minimum Gasteiger partial charge on any atom is -0.476 e. The predicted octanol–water partition coefficient (Wildman–Crippen LogP) is 4.35. The fourth-order valence-corrected chi connectivity index (χ4v) is 3.67. The summed E-state index contributed by atoms with van der Waals surface area (Å²) >= 11 is 1.08. The fraction of sp³-hybridized carbons (Fsp3) is 0.0500. The molecule has 0 spiro atoms. The molecular formula is C20H15N3O3S. The molecule has 27 heavy (non-hydrogen) atoms. The van der Waals surface area contributed by atoms with E-state index >= 15 is 0 Å². The molecule has 1 amide bonds. The van der Waals surface area contributed by atoms with Gasteiger partial charge in [-0.2, -0.15) is 0 Å². The van der Waals surface area contributed by atoms with Crippen LogP contribution in [-0.4, -0.2) is 26.5 Å². The zero-order chi connectivity index (χ0) is 19.0. The number of anilines is 1. The number of hydrogen-bond acceptors (Lipinski definition) is 4. The van der Waals surface area contributed by atoms with Crippen LogP contribution in [0.25, 0.3) is 16.6 Å². The summed E-state index contributed by atoms with van der Waals surface area (Å²) in [6.45, 7) is 1.99. The molecule has 4 aromatic rings. The number of nitrogens with one attached hydrogen (secondary N) is 1. The third-order valence-corrected chi connectivity index (χ3v) is 5.00. The third kappa shape index (κ3) is 3.09. The lowest BCUT2D eigenvalue weighted by atomic mass is 10.2. The van der Waals surface area contributed by atoms with Gasteiger partial charge in [0.15, 0.2) is 10.8 Å². The Morgan fingerprint density at radius 1 is 1.11 bits per heavy atom. The number of carboxylic acid groups (broad SMARTS) is 1. The van der Waals surface area contributed by atoms with E-state index in [1.54, 1.807) is 0 Å². The quantitative estimate of drug-likeness (QED) is 0.554. The Morgan fingerprint density at radius 2 is 1.85 bits per heavy atom. The second-order valence-electron chi connectivity index (χ2n) is 6.01. The number of aryl methyl sites for hydroxylation is 1. The van der Waals surface area contributed by atoms with Gasteiger partial charge < -0.3 is 9.67 Å². The van der Waals surface area contributed by atoms with E-state index in [1.807, 2.05) is 66.1 Å². The van der Waals surface area contributed by atoms with Gasteiger partial charge in [-0.3, -0.25) is 10.1 Å². The van der Waals surface area contributed by atoms with Gasteiger partial charge in [-0.05, 0) is 30.7 Å². The molecule has 0 aliphatic heterocycles. The average Bonchev–Trinajstić information content (AvgIpc) is 3.27. The first-order valence-corrected chi connectivity index (χ1v) is 9.09. The van der Waals surface area contributed by atoms with Gasteiger partial charge >= 0.3 is 5.97 Å². The van der Waals surface area contributed by atoms with Crippen LogP contribution < -0.4 is 5.32 Å². The van der Waals surface area contributed by atoms with E-state index in [-0.39, 0.29) is 16.7 Å². The van der Waals surface area contributed by atoms with Crippen molar-refractivity contribution in [2.45, 2.75) is 6.92 Å². The minimum atomic E-state index is -1.12. The largest absolute Gasteiger partial charge is 0.476 e. The van der Waals surface area contributed by atoms with Gasteiger partial charge in [0.1, 0.15) is 5.69 Å². The number of rotatable bonds is 4. The van der Waals surface area contributed by atoms with E-state index in [2.05, 4.69) is 10.3 Å². The number of aromatic carboxylic acids is 1. The summed E-state index contributed by atoms with van der Waals surface area (Å²) in [6, 6.07) is 17.4. The second-order valence-corrected chi connectivity index (χ2v) is 6.87. The van der Waals surface area contributed by atoms with Crippen molar-refractivity contribution in [3.63, 3.8) is 0 Å². The summed E-state index contributed by atoms with van der Waals surface area (Å²) in [7, 11) is 0. The molecule has 0 radical (unpaired) electrons. The predicted molar refractivity (Wildman–Crippen MR) is 105 cm³/mol. The lowest BCUT2D eigenvalue weighted by Crippen LogP contribution is -2.16. The van der Waals surface area contributed by atoms with Gasteiger partial charge in [-0.25, -0.2) is 9.78 Å². The highest BCUT2D eigenvalue weighted by molar-refractivity contribution is 7.14. The Balaban J connectivity index is 1.81. The first-order chi connectivity index (χ1) is 13.0. The van der Waals surface area contributed by atoms with Crippen molar-refractivity contribution in [2.24, 2.45) is 0 Å². The Morgan fingerprint density at radius 3 is 2.59 bits per heavy atom. The maximum atomic E-state index is 13.0. The topological polar surface area (TPSA) is 84.2 Å². The van der Waals surface area contributed by atoms with E-state index in [1.165, 1.54) is 5.38 Å². The Kier molecular flexibility index (Phi) is 4.21. The minimum absolute atomic E-state index is 0.0882. The van der Waals surface area contributed by atoms with Gasteiger partial charge in [0, 0.05) is 16.5 Å².